The van der Waals surface area contributed by atoms with Crippen LogP contribution in [-0.4, -0.2) is 0 Å². The second kappa shape index (κ2) is 15.7. The van der Waals surface area contributed by atoms with E-state index in [2.05, 4.69) is 88.4 Å². The summed E-state index contributed by atoms with van der Waals surface area (Å²) in [6.45, 7) is 17.1. The standard InChI is InChI=1S/2C12H14.2C2H6.2CH4/c1-9(2)12-7-10-5-3-4-6-11(10)8-12;1-9(2)11-8-7-10-5-3-4-6-12(10)11;2*1-2;;/h2*3-7,9H,8H2,1-2H3;2*1-2H3;2*1H4. The lowest BCUT2D eigenvalue weighted by molar-refractivity contribution is 0.754. The van der Waals surface area contributed by atoms with Crippen molar-refractivity contribution >= 4 is 17.7 Å². The van der Waals surface area contributed by atoms with E-state index in [9.17, 15) is 0 Å². The van der Waals surface area contributed by atoms with E-state index in [1.807, 2.05) is 27.7 Å². The zero-order valence-corrected chi connectivity index (χ0v) is 19.3. The van der Waals surface area contributed by atoms with Crippen molar-refractivity contribution in [3.8, 4) is 0 Å². The summed E-state index contributed by atoms with van der Waals surface area (Å²) in [4.78, 5) is 0. The number of hydrogen-bond acceptors (Lipinski definition) is 0. The first-order valence-corrected chi connectivity index (χ1v) is 11.1. The first kappa shape index (κ1) is 30.1. The summed E-state index contributed by atoms with van der Waals surface area (Å²) in [7, 11) is 0. The number of hydrogen-bond donors (Lipinski definition) is 0. The molecule has 0 nitrogen and oxygen atoms in total. The van der Waals surface area contributed by atoms with Crippen LogP contribution in [0.2, 0.25) is 0 Å². The van der Waals surface area contributed by atoms with Gasteiger partial charge in [0.1, 0.15) is 0 Å². The molecule has 0 heterocycles. The fourth-order valence-corrected chi connectivity index (χ4v) is 3.52. The smallest absolute Gasteiger partial charge is 0.00553 e. The molecular formula is C30H48. The molecule has 2 aliphatic rings. The van der Waals surface area contributed by atoms with Crippen LogP contribution in [0.5, 0.6) is 0 Å². The monoisotopic (exact) mass is 408 g/mol. The summed E-state index contributed by atoms with van der Waals surface area (Å²) in [5.74, 6) is 1.38. The van der Waals surface area contributed by atoms with E-state index >= 15 is 0 Å². The molecule has 4 rings (SSSR count). The summed E-state index contributed by atoms with van der Waals surface area (Å²) in [5.41, 5.74) is 6.06. The van der Waals surface area contributed by atoms with Gasteiger partial charge < -0.3 is 0 Å². The first-order chi connectivity index (χ1) is 13.6. The molecule has 0 amide bonds. The Morgan fingerprint density at radius 2 is 1.27 bits per heavy atom. The largest absolute Gasteiger partial charge is 0.0776 e. The zero-order chi connectivity index (χ0) is 21.1. The van der Waals surface area contributed by atoms with E-state index in [0.29, 0.717) is 11.8 Å². The van der Waals surface area contributed by atoms with Gasteiger partial charge in [-0.1, -0.05) is 142 Å². The third kappa shape index (κ3) is 7.98. The van der Waals surface area contributed by atoms with Gasteiger partial charge in [0.15, 0.2) is 0 Å². The molecule has 0 N–H and O–H groups in total. The number of rotatable bonds is 2. The van der Waals surface area contributed by atoms with Crippen LogP contribution in [0.4, 0.5) is 0 Å². The van der Waals surface area contributed by atoms with Crippen LogP contribution >= 0.6 is 0 Å². The van der Waals surface area contributed by atoms with Crippen LogP contribution in [0.25, 0.3) is 17.7 Å². The van der Waals surface area contributed by atoms with Crippen LogP contribution in [0.1, 0.15) is 87.8 Å². The molecule has 0 radical (unpaired) electrons. The molecule has 2 aromatic carbocycles. The third-order valence-corrected chi connectivity index (χ3v) is 5.08. The lowest BCUT2D eigenvalue weighted by Crippen LogP contribution is -2.22. The van der Waals surface area contributed by atoms with Crippen molar-refractivity contribution < 1.29 is 0 Å². The zero-order valence-electron chi connectivity index (χ0n) is 19.3. The van der Waals surface area contributed by atoms with Crippen molar-refractivity contribution in [3.63, 3.8) is 0 Å². The van der Waals surface area contributed by atoms with Gasteiger partial charge in [-0.15, -0.1) is 0 Å². The summed E-state index contributed by atoms with van der Waals surface area (Å²) < 4.78 is 0. The maximum absolute atomic E-state index is 2.33. The Bertz CT molecular complexity index is 863. The first-order valence-electron chi connectivity index (χ1n) is 11.1. The molecule has 30 heavy (non-hydrogen) atoms. The minimum atomic E-state index is 0. The van der Waals surface area contributed by atoms with Crippen LogP contribution in [0, 0.1) is 11.8 Å². The lowest BCUT2D eigenvalue weighted by atomic mass is 10.0. The number of allylic oxidation sites excluding steroid dienone is 1. The Morgan fingerprint density at radius 1 is 0.700 bits per heavy atom. The Balaban J connectivity index is 0. The molecule has 0 atom stereocenters. The van der Waals surface area contributed by atoms with E-state index in [-0.39, 0.29) is 14.9 Å². The fourth-order valence-electron chi connectivity index (χ4n) is 3.52. The molecule has 0 bridgehead atoms. The predicted octanol–water partition coefficient (Wildman–Crippen LogP) is 8.28. The van der Waals surface area contributed by atoms with Gasteiger partial charge in [-0.3, -0.25) is 0 Å². The molecule has 2 aromatic rings. The fraction of sp³-hybridized carbons (Fsp3) is 0.467. The van der Waals surface area contributed by atoms with Crippen molar-refractivity contribution in [1.82, 2.24) is 0 Å². The molecule has 0 aromatic heterocycles. The molecule has 0 saturated carbocycles. The van der Waals surface area contributed by atoms with E-state index in [4.69, 9.17) is 0 Å². The van der Waals surface area contributed by atoms with Crippen molar-refractivity contribution in [2.45, 2.75) is 83.1 Å². The van der Waals surface area contributed by atoms with Crippen LogP contribution < -0.4 is 10.4 Å². The minimum Gasteiger partial charge on any atom is -0.0776 e. The maximum Gasteiger partial charge on any atom is -0.00553 e. The van der Waals surface area contributed by atoms with Crippen molar-refractivity contribution in [1.29, 1.82) is 0 Å². The molecule has 0 fully saturated rings. The molecule has 0 spiro atoms. The molecular weight excluding hydrogens is 360 g/mol. The van der Waals surface area contributed by atoms with E-state index in [1.165, 1.54) is 21.6 Å². The van der Waals surface area contributed by atoms with Crippen molar-refractivity contribution in [2.75, 3.05) is 0 Å². The van der Waals surface area contributed by atoms with Gasteiger partial charge in [0.25, 0.3) is 0 Å². The van der Waals surface area contributed by atoms with E-state index in [1.54, 1.807) is 11.1 Å². The van der Waals surface area contributed by atoms with Crippen LogP contribution in [0.3, 0.4) is 0 Å². The average molecular weight is 409 g/mol. The molecule has 0 unspecified atom stereocenters. The van der Waals surface area contributed by atoms with Gasteiger partial charge >= 0.3 is 0 Å². The predicted molar refractivity (Wildman–Crippen MR) is 142 cm³/mol. The Hall–Kier alpha value is -2.08. The SMILES string of the molecule is C.C.CC.CC.CC(C)C1=Cc2ccccc2C1.CC(C)C1=c2ccccc2=CC1. The Kier molecular flexibility index (Phi) is 15.8. The average Bonchev–Trinajstić information content (AvgIpc) is 3.36. The second-order valence-corrected chi connectivity index (χ2v) is 7.42. The highest BCUT2D eigenvalue weighted by Crippen LogP contribution is 2.28. The third-order valence-electron chi connectivity index (χ3n) is 5.08. The summed E-state index contributed by atoms with van der Waals surface area (Å²) in [6, 6.07) is 17.3. The Labute approximate surface area is 188 Å². The summed E-state index contributed by atoms with van der Waals surface area (Å²) in [6.07, 6.45) is 6.97. The number of fused-ring (bicyclic) bond motifs is 2. The highest BCUT2D eigenvalue weighted by Gasteiger charge is 2.13. The second-order valence-electron chi connectivity index (χ2n) is 7.42. The quantitative estimate of drug-likeness (QED) is 0.469. The molecule has 0 heteroatoms. The van der Waals surface area contributed by atoms with Crippen LogP contribution in [0.15, 0.2) is 54.1 Å². The Morgan fingerprint density at radius 3 is 1.83 bits per heavy atom. The van der Waals surface area contributed by atoms with Gasteiger partial charge in [0.2, 0.25) is 0 Å². The molecule has 2 aliphatic carbocycles. The van der Waals surface area contributed by atoms with Gasteiger partial charge in [-0.2, -0.15) is 0 Å². The van der Waals surface area contributed by atoms with Gasteiger partial charge in [0, 0.05) is 0 Å². The summed E-state index contributed by atoms with van der Waals surface area (Å²) in [5, 5.41) is 2.88. The maximum atomic E-state index is 2.33. The van der Waals surface area contributed by atoms with Gasteiger partial charge in [-0.25, -0.2) is 0 Å². The molecule has 168 valence electrons. The summed E-state index contributed by atoms with van der Waals surface area (Å²) >= 11 is 0. The highest BCUT2D eigenvalue weighted by molar-refractivity contribution is 5.63. The van der Waals surface area contributed by atoms with Gasteiger partial charge in [0.05, 0.1) is 0 Å². The lowest BCUT2D eigenvalue weighted by Gasteiger charge is -2.04. The molecule has 0 aliphatic heterocycles. The minimum absolute atomic E-state index is 0. The number of benzene rings is 2. The van der Waals surface area contributed by atoms with E-state index < -0.39 is 0 Å². The van der Waals surface area contributed by atoms with Crippen LogP contribution in [-0.2, 0) is 6.42 Å². The van der Waals surface area contributed by atoms with Crippen molar-refractivity contribution in [3.05, 3.63) is 75.7 Å². The van der Waals surface area contributed by atoms with E-state index in [0.717, 1.165) is 12.8 Å². The van der Waals surface area contributed by atoms with Crippen molar-refractivity contribution in [2.24, 2.45) is 11.8 Å². The van der Waals surface area contributed by atoms with Gasteiger partial charge in [-0.05, 0) is 46.2 Å². The topological polar surface area (TPSA) is 0 Å². The normalized spacial score (nSPS) is 12.2. The highest BCUT2D eigenvalue weighted by atomic mass is 14.2. The molecule has 0 saturated heterocycles.